The summed E-state index contributed by atoms with van der Waals surface area (Å²) in [7, 11) is -1.03. The predicted molar refractivity (Wildman–Crippen MR) is 121 cm³/mol. The summed E-state index contributed by atoms with van der Waals surface area (Å²) in [5.41, 5.74) is -0.282. The van der Waals surface area contributed by atoms with Crippen molar-refractivity contribution in [3.63, 3.8) is 0 Å². The highest BCUT2D eigenvalue weighted by Gasteiger charge is 2.26. The van der Waals surface area contributed by atoms with Crippen molar-refractivity contribution in [3.8, 4) is 11.5 Å². The van der Waals surface area contributed by atoms with Gasteiger partial charge in [-0.25, -0.2) is 12.4 Å². The van der Waals surface area contributed by atoms with Gasteiger partial charge in [0.2, 0.25) is 0 Å². The molecule has 0 N–H and O–H groups in total. The van der Waals surface area contributed by atoms with E-state index in [2.05, 4.69) is 0 Å². The van der Waals surface area contributed by atoms with E-state index in [1.807, 2.05) is 24.3 Å². The van der Waals surface area contributed by atoms with Gasteiger partial charge in [0.1, 0.15) is 17.0 Å². The molecule has 0 amide bonds. The largest absolute Gasteiger partial charge is 0.497 e. The first-order valence-corrected chi connectivity index (χ1v) is 11.6. The van der Waals surface area contributed by atoms with Crippen molar-refractivity contribution in [3.05, 3.63) is 83.0 Å². The molecule has 0 unspecified atom stereocenters. The molecule has 164 valence electrons. The third-order valence-corrected chi connectivity index (χ3v) is 7.59. The summed E-state index contributed by atoms with van der Waals surface area (Å²) in [5, 5.41) is 12.2. The lowest BCUT2D eigenvalue weighted by atomic mass is 10.2. The third kappa shape index (κ3) is 3.90. The van der Waals surface area contributed by atoms with E-state index in [1.165, 1.54) is 55.4 Å². The van der Waals surface area contributed by atoms with E-state index in [0.717, 1.165) is 8.87 Å². The minimum absolute atomic E-state index is 0.00375. The fraction of sp³-hybridized carbons (Fsp3) is 0.0909. The molecule has 0 saturated carbocycles. The Kier molecular flexibility index (Phi) is 5.81. The number of ether oxygens (including phenoxy) is 2. The van der Waals surface area contributed by atoms with Crippen LogP contribution in [0, 0.1) is 10.1 Å². The zero-order chi connectivity index (χ0) is 22.9. The van der Waals surface area contributed by atoms with Gasteiger partial charge in [-0.2, -0.15) is 0 Å². The quantitative estimate of drug-likeness (QED) is 0.278. The van der Waals surface area contributed by atoms with Gasteiger partial charge in [0.25, 0.3) is 15.7 Å². The average Bonchev–Trinajstić information content (AvgIpc) is 3.26. The molecule has 0 saturated heterocycles. The fourth-order valence-electron chi connectivity index (χ4n) is 3.28. The molecule has 1 heterocycles. The van der Waals surface area contributed by atoms with E-state index in [0.29, 0.717) is 21.8 Å². The molecule has 0 aliphatic heterocycles. The molecular weight excluding hydrogens is 452 g/mol. The zero-order valence-electron chi connectivity index (χ0n) is 17.1. The Bertz CT molecular complexity index is 1410. The van der Waals surface area contributed by atoms with Crippen LogP contribution in [0.3, 0.4) is 0 Å². The van der Waals surface area contributed by atoms with Gasteiger partial charge in [-0.3, -0.25) is 10.1 Å². The maximum absolute atomic E-state index is 13.3. The topological polar surface area (TPSA) is 101 Å². The van der Waals surface area contributed by atoms with E-state index in [4.69, 9.17) is 9.47 Å². The molecule has 0 atom stereocenters. The number of hydrogen-bond donors (Lipinski definition) is 0. The Labute approximate surface area is 188 Å². The molecule has 10 heteroatoms. The number of hydrogen-bond acceptors (Lipinski definition) is 7. The molecule has 0 aliphatic carbocycles. The molecule has 0 spiro atoms. The van der Waals surface area contributed by atoms with Gasteiger partial charge in [0.15, 0.2) is 0 Å². The van der Waals surface area contributed by atoms with Gasteiger partial charge in [-0.1, -0.05) is 17.8 Å². The van der Waals surface area contributed by atoms with E-state index in [1.54, 1.807) is 19.2 Å². The third-order valence-electron chi connectivity index (χ3n) is 4.83. The molecule has 0 aliphatic rings. The van der Waals surface area contributed by atoms with E-state index < -0.39 is 14.9 Å². The molecule has 3 aromatic carbocycles. The number of non-ortho nitro benzene ring substituents is 1. The van der Waals surface area contributed by atoms with Crippen LogP contribution in [0.25, 0.3) is 10.9 Å². The summed E-state index contributed by atoms with van der Waals surface area (Å²) < 4.78 is 37.9. The summed E-state index contributed by atoms with van der Waals surface area (Å²) in [4.78, 5) is 12.7. The highest BCUT2D eigenvalue weighted by molar-refractivity contribution is 7.99. The molecule has 1 aromatic heterocycles. The summed E-state index contributed by atoms with van der Waals surface area (Å²) in [6.45, 7) is 0. The number of aromatic nitrogens is 1. The predicted octanol–water partition coefficient (Wildman–Crippen LogP) is 4.95. The van der Waals surface area contributed by atoms with Crippen molar-refractivity contribution in [2.24, 2.45) is 0 Å². The van der Waals surface area contributed by atoms with Crippen molar-refractivity contribution in [1.29, 1.82) is 0 Å². The molecule has 4 aromatic rings. The monoisotopic (exact) mass is 470 g/mol. The van der Waals surface area contributed by atoms with E-state index in [-0.39, 0.29) is 16.1 Å². The standard InChI is InChI=1S/C22H18N2O6S2/c1-29-15-6-8-18(9-7-15)32(27,28)23-13-12-19-21(11-10-20(22(19)23)24(25)26)31-17-5-3-4-16(14-17)30-2/h3-14H,1-2H3. The Morgan fingerprint density at radius 1 is 0.938 bits per heavy atom. The second kappa shape index (κ2) is 8.56. The van der Waals surface area contributed by atoms with E-state index in [9.17, 15) is 18.5 Å². The van der Waals surface area contributed by atoms with Crippen molar-refractivity contribution < 1.29 is 22.8 Å². The van der Waals surface area contributed by atoms with Crippen LogP contribution in [0.1, 0.15) is 0 Å². The maximum Gasteiger partial charge on any atom is 0.294 e. The van der Waals surface area contributed by atoms with Crippen molar-refractivity contribution >= 4 is 38.4 Å². The molecule has 0 radical (unpaired) electrons. The number of methoxy groups -OCH3 is 2. The number of nitrogens with zero attached hydrogens (tertiary/aromatic N) is 2. The first kappa shape index (κ1) is 21.7. The maximum atomic E-state index is 13.3. The SMILES string of the molecule is COc1ccc(S(=O)(=O)n2ccc3c(Sc4cccc(OC)c4)ccc([N+](=O)[O-])c32)cc1. The van der Waals surface area contributed by atoms with Crippen LogP contribution in [0.2, 0.25) is 0 Å². The first-order valence-electron chi connectivity index (χ1n) is 9.35. The molecule has 0 fully saturated rings. The molecule has 0 bridgehead atoms. The number of nitro benzene ring substituents is 1. The van der Waals surface area contributed by atoms with Gasteiger partial charge >= 0.3 is 0 Å². The summed E-state index contributed by atoms with van der Waals surface area (Å²) >= 11 is 1.36. The minimum Gasteiger partial charge on any atom is -0.497 e. The van der Waals surface area contributed by atoms with Gasteiger partial charge in [0.05, 0.1) is 24.0 Å². The van der Waals surface area contributed by atoms with Crippen LogP contribution in [-0.4, -0.2) is 31.5 Å². The van der Waals surface area contributed by atoms with Crippen LogP contribution in [-0.2, 0) is 10.0 Å². The smallest absolute Gasteiger partial charge is 0.294 e. The van der Waals surface area contributed by atoms with Crippen LogP contribution in [0.15, 0.2) is 87.6 Å². The van der Waals surface area contributed by atoms with Gasteiger partial charge in [-0.05, 0) is 54.6 Å². The lowest BCUT2D eigenvalue weighted by Gasteiger charge is -2.10. The van der Waals surface area contributed by atoms with Crippen LogP contribution in [0.5, 0.6) is 11.5 Å². The lowest BCUT2D eigenvalue weighted by Crippen LogP contribution is -2.12. The Morgan fingerprint density at radius 2 is 1.66 bits per heavy atom. The first-order chi connectivity index (χ1) is 15.3. The molecule has 32 heavy (non-hydrogen) atoms. The zero-order valence-corrected chi connectivity index (χ0v) is 18.7. The summed E-state index contributed by atoms with van der Waals surface area (Å²) in [6, 6.07) is 17.7. The Morgan fingerprint density at radius 3 is 2.31 bits per heavy atom. The number of rotatable bonds is 7. The highest BCUT2D eigenvalue weighted by Crippen LogP contribution is 2.39. The van der Waals surface area contributed by atoms with Crippen molar-refractivity contribution in [1.82, 2.24) is 3.97 Å². The second-order valence-corrected chi connectivity index (χ2v) is 9.61. The van der Waals surface area contributed by atoms with Gasteiger partial charge < -0.3 is 9.47 Å². The van der Waals surface area contributed by atoms with E-state index >= 15 is 0 Å². The normalized spacial score (nSPS) is 11.4. The number of nitro groups is 1. The summed E-state index contributed by atoms with van der Waals surface area (Å²) in [6.07, 6.45) is 1.34. The molecular formula is C22H18N2O6S2. The highest BCUT2D eigenvalue weighted by atomic mass is 32.2. The van der Waals surface area contributed by atoms with Crippen molar-refractivity contribution in [2.75, 3.05) is 14.2 Å². The lowest BCUT2D eigenvalue weighted by molar-refractivity contribution is -0.383. The number of benzene rings is 3. The Hall–Kier alpha value is -3.50. The molecule has 8 nitrogen and oxygen atoms in total. The Balaban J connectivity index is 1.87. The van der Waals surface area contributed by atoms with Crippen LogP contribution < -0.4 is 9.47 Å². The average molecular weight is 471 g/mol. The number of fused-ring (bicyclic) bond motifs is 1. The van der Waals surface area contributed by atoms with Gasteiger partial charge in [0, 0.05) is 27.4 Å². The van der Waals surface area contributed by atoms with Crippen LogP contribution in [0.4, 0.5) is 5.69 Å². The fourth-order valence-corrected chi connectivity index (χ4v) is 5.62. The second-order valence-electron chi connectivity index (χ2n) is 6.68. The minimum atomic E-state index is -4.08. The van der Waals surface area contributed by atoms with Crippen LogP contribution >= 0.6 is 11.8 Å². The van der Waals surface area contributed by atoms with Crippen molar-refractivity contribution in [2.45, 2.75) is 14.7 Å². The van der Waals surface area contributed by atoms with Gasteiger partial charge in [-0.15, -0.1) is 0 Å². The summed E-state index contributed by atoms with van der Waals surface area (Å²) in [5.74, 6) is 1.18. The molecule has 4 rings (SSSR count).